The van der Waals surface area contributed by atoms with E-state index < -0.39 is 0 Å². The molecule has 8 aromatic carbocycles. The Balaban J connectivity index is 1.34. The van der Waals surface area contributed by atoms with E-state index >= 15 is 0 Å². The lowest BCUT2D eigenvalue weighted by molar-refractivity contribution is 0.666. The number of furan rings is 1. The molecule has 11 rings (SSSR count). The van der Waals surface area contributed by atoms with E-state index in [0.29, 0.717) is 0 Å². The molecule has 0 atom stereocenters. The van der Waals surface area contributed by atoms with Crippen molar-refractivity contribution in [1.82, 2.24) is 9.13 Å². The summed E-state index contributed by atoms with van der Waals surface area (Å²) in [6.45, 7) is 0. The van der Waals surface area contributed by atoms with Crippen molar-refractivity contribution in [2.45, 2.75) is 0 Å². The summed E-state index contributed by atoms with van der Waals surface area (Å²) in [5.74, 6) is 0. The lowest BCUT2D eigenvalue weighted by atomic mass is 10.0. The normalized spacial score (nSPS) is 11.9. The maximum absolute atomic E-state index is 6.72. The highest BCUT2D eigenvalue weighted by atomic mass is 16.3. The monoisotopic (exact) mass is 650 g/mol. The third-order valence-electron chi connectivity index (χ3n) is 10.5. The SMILES string of the molecule is c1ccc(-c2ccc3c(c2)c2ccc4c5cc(-c6ccccc6)ccc5n(-c5cccc6c5oc5ccccc56)c4c2n3-c2ccccc2)cc1. The summed E-state index contributed by atoms with van der Waals surface area (Å²) in [5.41, 5.74) is 13.4. The van der Waals surface area contributed by atoms with Gasteiger partial charge in [0.1, 0.15) is 5.58 Å². The first kappa shape index (κ1) is 28.0. The fraction of sp³-hybridized carbons (Fsp3) is 0. The molecular weight excluding hydrogens is 621 g/mol. The van der Waals surface area contributed by atoms with E-state index in [-0.39, 0.29) is 0 Å². The second kappa shape index (κ2) is 10.8. The van der Waals surface area contributed by atoms with Gasteiger partial charge in [-0.3, -0.25) is 0 Å². The van der Waals surface area contributed by atoms with Crippen molar-refractivity contribution in [3.63, 3.8) is 0 Å². The number of aromatic nitrogens is 2. The first-order valence-corrected chi connectivity index (χ1v) is 17.4. The largest absolute Gasteiger partial charge is 0.454 e. The molecule has 0 aliphatic rings. The fourth-order valence-electron chi connectivity index (χ4n) is 8.23. The number of nitrogens with zero attached hydrogens (tertiary/aromatic N) is 2. The fourth-order valence-corrected chi connectivity index (χ4v) is 8.23. The van der Waals surface area contributed by atoms with E-state index in [9.17, 15) is 0 Å². The van der Waals surface area contributed by atoms with Gasteiger partial charge < -0.3 is 13.6 Å². The minimum atomic E-state index is 0.885. The van der Waals surface area contributed by atoms with Crippen LogP contribution in [0.15, 0.2) is 186 Å². The molecule has 3 heteroatoms. The van der Waals surface area contributed by atoms with Gasteiger partial charge in [0.15, 0.2) is 5.58 Å². The van der Waals surface area contributed by atoms with Crippen LogP contribution < -0.4 is 0 Å². The van der Waals surface area contributed by atoms with E-state index in [0.717, 1.165) is 44.3 Å². The summed E-state index contributed by atoms with van der Waals surface area (Å²) in [5, 5.41) is 7.08. The van der Waals surface area contributed by atoms with Crippen LogP contribution in [0.25, 0.3) is 99.2 Å². The van der Waals surface area contributed by atoms with Crippen molar-refractivity contribution in [2.75, 3.05) is 0 Å². The zero-order valence-corrected chi connectivity index (χ0v) is 27.6. The smallest absolute Gasteiger partial charge is 0.159 e. The Morgan fingerprint density at radius 2 is 0.863 bits per heavy atom. The molecule has 0 aliphatic carbocycles. The molecule has 51 heavy (non-hydrogen) atoms. The molecule has 0 aliphatic heterocycles. The molecule has 0 fully saturated rings. The molecule has 0 radical (unpaired) electrons. The Bertz CT molecular complexity index is 3110. The van der Waals surface area contributed by atoms with Crippen LogP contribution >= 0.6 is 0 Å². The summed E-state index contributed by atoms with van der Waals surface area (Å²) >= 11 is 0. The lowest BCUT2D eigenvalue weighted by Crippen LogP contribution is -1.99. The van der Waals surface area contributed by atoms with E-state index in [1.807, 2.05) is 6.07 Å². The maximum Gasteiger partial charge on any atom is 0.159 e. The second-order valence-electron chi connectivity index (χ2n) is 13.3. The third-order valence-corrected chi connectivity index (χ3v) is 10.5. The standard InChI is InChI=1S/C48H30N2O/c1-4-13-31(14-5-1)33-23-27-42-40(29-33)37-25-26-38-41-30-34(32-15-6-2-7-16-32)24-28-43(41)50(47(38)46(37)49(42)35-17-8-3-9-18-35)44-21-12-20-39-36-19-10-11-22-45(36)51-48(39)44/h1-30H. The number of rotatable bonds is 4. The average molecular weight is 651 g/mol. The number of hydrogen-bond donors (Lipinski definition) is 0. The Morgan fingerprint density at radius 3 is 1.51 bits per heavy atom. The summed E-state index contributed by atoms with van der Waals surface area (Å²) in [6, 6.07) is 65.4. The average Bonchev–Trinajstić information content (AvgIpc) is 3.86. The van der Waals surface area contributed by atoms with Gasteiger partial charge in [-0.05, 0) is 70.8 Å². The molecule has 3 heterocycles. The Morgan fingerprint density at radius 1 is 0.333 bits per heavy atom. The topological polar surface area (TPSA) is 23.0 Å². The van der Waals surface area contributed by atoms with E-state index in [4.69, 9.17) is 4.42 Å². The van der Waals surface area contributed by atoms with Crippen LogP contribution in [0.2, 0.25) is 0 Å². The van der Waals surface area contributed by atoms with Crippen molar-refractivity contribution in [3.8, 4) is 33.6 Å². The predicted octanol–water partition coefficient (Wildman–Crippen LogP) is 13.1. The summed E-state index contributed by atoms with van der Waals surface area (Å²) < 4.78 is 11.6. The summed E-state index contributed by atoms with van der Waals surface area (Å²) in [7, 11) is 0. The van der Waals surface area contributed by atoms with Gasteiger partial charge in [0.25, 0.3) is 0 Å². The first-order valence-electron chi connectivity index (χ1n) is 17.4. The number of hydrogen-bond acceptors (Lipinski definition) is 1. The molecule has 3 aromatic heterocycles. The van der Waals surface area contributed by atoms with Gasteiger partial charge in [0.2, 0.25) is 0 Å². The van der Waals surface area contributed by atoms with Crippen molar-refractivity contribution in [1.29, 1.82) is 0 Å². The summed E-state index contributed by atoms with van der Waals surface area (Å²) in [6.07, 6.45) is 0. The molecule has 0 saturated heterocycles. The molecule has 11 aromatic rings. The molecule has 0 spiro atoms. The van der Waals surface area contributed by atoms with Crippen LogP contribution in [0.3, 0.4) is 0 Å². The predicted molar refractivity (Wildman–Crippen MR) is 213 cm³/mol. The van der Waals surface area contributed by atoms with Crippen LogP contribution in [0.4, 0.5) is 0 Å². The summed E-state index contributed by atoms with van der Waals surface area (Å²) in [4.78, 5) is 0. The van der Waals surface area contributed by atoms with Gasteiger partial charge in [0.05, 0.1) is 27.8 Å². The Labute approximate surface area is 293 Å². The lowest BCUT2D eigenvalue weighted by Gasteiger charge is -2.13. The number of fused-ring (bicyclic) bond motifs is 10. The zero-order chi connectivity index (χ0) is 33.5. The number of benzene rings is 8. The zero-order valence-electron chi connectivity index (χ0n) is 27.6. The van der Waals surface area contributed by atoms with Crippen molar-refractivity contribution in [3.05, 3.63) is 182 Å². The molecule has 0 unspecified atom stereocenters. The van der Waals surface area contributed by atoms with Crippen LogP contribution in [-0.4, -0.2) is 9.13 Å². The highest BCUT2D eigenvalue weighted by molar-refractivity contribution is 6.25. The van der Waals surface area contributed by atoms with Gasteiger partial charge >= 0.3 is 0 Å². The Hall–Kier alpha value is -6.84. The second-order valence-corrected chi connectivity index (χ2v) is 13.3. The third kappa shape index (κ3) is 4.12. The van der Waals surface area contributed by atoms with Gasteiger partial charge in [-0.2, -0.15) is 0 Å². The Kier molecular flexibility index (Phi) is 5.96. The molecule has 3 nitrogen and oxygen atoms in total. The molecule has 0 N–H and O–H groups in total. The van der Waals surface area contributed by atoms with Crippen molar-refractivity contribution >= 4 is 65.6 Å². The van der Waals surface area contributed by atoms with E-state index in [1.165, 1.54) is 54.8 Å². The first-order chi connectivity index (χ1) is 25.3. The van der Waals surface area contributed by atoms with Gasteiger partial charge in [-0.1, -0.05) is 133 Å². The van der Waals surface area contributed by atoms with E-state index in [1.54, 1.807) is 0 Å². The molecule has 0 saturated carbocycles. The van der Waals surface area contributed by atoms with Crippen LogP contribution in [0.1, 0.15) is 0 Å². The highest BCUT2D eigenvalue weighted by Crippen LogP contribution is 2.45. The minimum absolute atomic E-state index is 0.885. The van der Waals surface area contributed by atoms with Crippen LogP contribution in [-0.2, 0) is 0 Å². The van der Waals surface area contributed by atoms with Crippen molar-refractivity contribution < 1.29 is 4.42 Å². The van der Waals surface area contributed by atoms with Gasteiger partial charge in [-0.15, -0.1) is 0 Å². The minimum Gasteiger partial charge on any atom is -0.454 e. The maximum atomic E-state index is 6.72. The van der Waals surface area contributed by atoms with Gasteiger partial charge in [0, 0.05) is 38.0 Å². The van der Waals surface area contributed by atoms with E-state index in [2.05, 4.69) is 185 Å². The van der Waals surface area contributed by atoms with Crippen LogP contribution in [0, 0.1) is 0 Å². The number of para-hydroxylation sites is 3. The quantitative estimate of drug-likeness (QED) is 0.186. The molecular formula is C48H30N2O. The highest BCUT2D eigenvalue weighted by Gasteiger charge is 2.24. The van der Waals surface area contributed by atoms with Gasteiger partial charge in [-0.25, -0.2) is 0 Å². The van der Waals surface area contributed by atoms with Crippen LogP contribution in [0.5, 0.6) is 0 Å². The van der Waals surface area contributed by atoms with Crippen molar-refractivity contribution in [2.24, 2.45) is 0 Å². The molecule has 0 amide bonds. The molecule has 0 bridgehead atoms. The molecule has 238 valence electrons.